The zero-order valence-electron chi connectivity index (χ0n) is 16.7. The number of rotatable bonds is 6. The van der Waals surface area contributed by atoms with Gasteiger partial charge in [0.05, 0.1) is 23.3 Å². The van der Waals surface area contributed by atoms with E-state index in [4.69, 9.17) is 0 Å². The van der Waals surface area contributed by atoms with Crippen LogP contribution in [0.2, 0.25) is 0 Å². The average molecular weight is 430 g/mol. The summed E-state index contributed by atoms with van der Waals surface area (Å²) in [6.45, 7) is 2.01. The SMILES string of the molecule is COC(=O)c1ccc(NC(=O)CCS(=O)(=O)c2ccc3c(c2)CCN3C(C)=O)cc1. The Hall–Kier alpha value is -3.20. The van der Waals surface area contributed by atoms with E-state index in [1.807, 2.05) is 0 Å². The number of fused-ring (bicyclic) bond motifs is 1. The monoisotopic (exact) mass is 430 g/mol. The summed E-state index contributed by atoms with van der Waals surface area (Å²) in [4.78, 5) is 37.0. The first kappa shape index (κ1) is 21.5. The Kier molecular flexibility index (Phi) is 6.21. The Morgan fingerprint density at radius 3 is 2.43 bits per heavy atom. The van der Waals surface area contributed by atoms with E-state index in [1.54, 1.807) is 29.2 Å². The van der Waals surface area contributed by atoms with Crippen molar-refractivity contribution in [2.75, 3.05) is 29.6 Å². The molecule has 0 atom stereocenters. The van der Waals surface area contributed by atoms with E-state index in [1.165, 1.54) is 32.2 Å². The van der Waals surface area contributed by atoms with E-state index in [0.717, 1.165) is 11.3 Å². The summed E-state index contributed by atoms with van der Waals surface area (Å²) in [5, 5.41) is 2.61. The molecule has 0 saturated heterocycles. The van der Waals surface area contributed by atoms with Gasteiger partial charge < -0.3 is 15.0 Å². The van der Waals surface area contributed by atoms with Crippen molar-refractivity contribution in [2.45, 2.75) is 24.7 Å². The highest BCUT2D eigenvalue weighted by molar-refractivity contribution is 7.91. The van der Waals surface area contributed by atoms with Gasteiger partial charge in [-0.05, 0) is 54.4 Å². The maximum absolute atomic E-state index is 12.6. The molecule has 1 aliphatic rings. The van der Waals surface area contributed by atoms with Gasteiger partial charge in [-0.25, -0.2) is 13.2 Å². The van der Waals surface area contributed by atoms with Crippen LogP contribution in [0.3, 0.4) is 0 Å². The van der Waals surface area contributed by atoms with Crippen LogP contribution >= 0.6 is 0 Å². The number of carbonyl (C=O) groups excluding carboxylic acids is 3. The van der Waals surface area contributed by atoms with Gasteiger partial charge >= 0.3 is 5.97 Å². The number of sulfone groups is 1. The van der Waals surface area contributed by atoms with Crippen molar-refractivity contribution in [3.05, 3.63) is 53.6 Å². The first-order chi connectivity index (χ1) is 14.2. The van der Waals surface area contributed by atoms with E-state index in [-0.39, 0.29) is 23.0 Å². The minimum absolute atomic E-state index is 0.0827. The Morgan fingerprint density at radius 2 is 1.80 bits per heavy atom. The number of carbonyl (C=O) groups is 3. The second-order valence-electron chi connectivity index (χ2n) is 6.90. The summed E-state index contributed by atoms with van der Waals surface area (Å²) in [5.74, 6) is -1.36. The van der Waals surface area contributed by atoms with Gasteiger partial charge in [-0.2, -0.15) is 0 Å². The van der Waals surface area contributed by atoms with E-state index in [0.29, 0.717) is 24.2 Å². The van der Waals surface area contributed by atoms with Crippen LogP contribution in [-0.2, 0) is 30.6 Å². The highest BCUT2D eigenvalue weighted by atomic mass is 32.2. The van der Waals surface area contributed by atoms with Gasteiger partial charge in [0.25, 0.3) is 0 Å². The van der Waals surface area contributed by atoms with Crippen molar-refractivity contribution in [1.29, 1.82) is 0 Å². The highest BCUT2D eigenvalue weighted by Crippen LogP contribution is 2.30. The molecule has 2 amide bonds. The van der Waals surface area contributed by atoms with E-state index < -0.39 is 21.7 Å². The molecular formula is C21H22N2O6S. The largest absolute Gasteiger partial charge is 0.465 e. The fourth-order valence-electron chi connectivity index (χ4n) is 3.27. The summed E-state index contributed by atoms with van der Waals surface area (Å²) in [7, 11) is -2.38. The number of methoxy groups -OCH3 is 1. The molecule has 2 aromatic rings. The number of esters is 1. The molecule has 1 N–H and O–H groups in total. The van der Waals surface area contributed by atoms with Gasteiger partial charge in [0.15, 0.2) is 9.84 Å². The van der Waals surface area contributed by atoms with Crippen molar-refractivity contribution in [1.82, 2.24) is 0 Å². The Bertz CT molecular complexity index is 1090. The summed E-state index contributed by atoms with van der Waals surface area (Å²) in [5.41, 5.74) is 2.33. The lowest BCUT2D eigenvalue weighted by molar-refractivity contribution is -0.117. The minimum Gasteiger partial charge on any atom is -0.465 e. The van der Waals surface area contributed by atoms with Crippen molar-refractivity contribution in [3.8, 4) is 0 Å². The van der Waals surface area contributed by atoms with E-state index in [2.05, 4.69) is 10.1 Å². The van der Waals surface area contributed by atoms with Crippen LogP contribution in [0.25, 0.3) is 0 Å². The molecule has 3 rings (SSSR count). The van der Waals surface area contributed by atoms with Gasteiger partial charge in [0, 0.05) is 31.3 Å². The van der Waals surface area contributed by atoms with Crippen molar-refractivity contribution >= 4 is 39.0 Å². The normalized spacial score (nSPS) is 12.9. The molecule has 0 aliphatic carbocycles. The Balaban J connectivity index is 1.62. The molecular weight excluding hydrogens is 408 g/mol. The maximum Gasteiger partial charge on any atom is 0.337 e. The van der Waals surface area contributed by atoms with Crippen molar-refractivity contribution in [2.24, 2.45) is 0 Å². The molecule has 1 aliphatic heterocycles. The maximum atomic E-state index is 12.6. The molecule has 0 bridgehead atoms. The standard InChI is InChI=1S/C21H22N2O6S/c1-14(24)23-11-9-16-13-18(7-8-19(16)23)30(27,28)12-10-20(25)22-17-5-3-15(4-6-17)21(26)29-2/h3-8,13H,9-12H2,1-2H3,(H,22,25). The summed E-state index contributed by atoms with van der Waals surface area (Å²) >= 11 is 0. The van der Waals surface area contributed by atoms with Crippen LogP contribution in [0.5, 0.6) is 0 Å². The highest BCUT2D eigenvalue weighted by Gasteiger charge is 2.25. The second kappa shape index (κ2) is 8.66. The number of benzene rings is 2. The number of ether oxygens (including phenoxy) is 1. The number of nitrogens with zero attached hydrogens (tertiary/aromatic N) is 1. The molecule has 0 radical (unpaired) electrons. The molecule has 1 heterocycles. The topological polar surface area (TPSA) is 110 Å². The molecule has 0 unspecified atom stereocenters. The van der Waals surface area contributed by atoms with Crippen LogP contribution in [0.1, 0.15) is 29.3 Å². The molecule has 0 saturated carbocycles. The lowest BCUT2D eigenvalue weighted by Crippen LogP contribution is -2.25. The van der Waals surface area contributed by atoms with Gasteiger partial charge in [0.1, 0.15) is 0 Å². The molecule has 9 heteroatoms. The Morgan fingerprint density at radius 1 is 1.10 bits per heavy atom. The summed E-state index contributed by atoms with van der Waals surface area (Å²) < 4.78 is 29.9. The Labute approximate surface area is 174 Å². The number of amides is 2. The van der Waals surface area contributed by atoms with Gasteiger partial charge in [-0.1, -0.05) is 0 Å². The van der Waals surface area contributed by atoms with Crippen LogP contribution in [0.15, 0.2) is 47.4 Å². The third kappa shape index (κ3) is 4.68. The predicted octanol–water partition coefficient (Wildman–Crippen LogP) is 2.18. The average Bonchev–Trinajstić information content (AvgIpc) is 3.16. The zero-order chi connectivity index (χ0) is 21.9. The fraction of sp³-hybridized carbons (Fsp3) is 0.286. The number of hydrogen-bond acceptors (Lipinski definition) is 6. The third-order valence-electron chi connectivity index (χ3n) is 4.87. The molecule has 0 spiro atoms. The minimum atomic E-state index is -3.65. The molecule has 0 aromatic heterocycles. The molecule has 30 heavy (non-hydrogen) atoms. The molecule has 2 aromatic carbocycles. The van der Waals surface area contributed by atoms with E-state index in [9.17, 15) is 22.8 Å². The molecule has 0 fully saturated rings. The van der Waals surface area contributed by atoms with Crippen LogP contribution < -0.4 is 10.2 Å². The van der Waals surface area contributed by atoms with Crippen LogP contribution in [0, 0.1) is 0 Å². The molecule has 8 nitrogen and oxygen atoms in total. The second-order valence-corrected chi connectivity index (χ2v) is 9.01. The van der Waals surface area contributed by atoms with Gasteiger partial charge in [-0.3, -0.25) is 9.59 Å². The summed E-state index contributed by atoms with van der Waals surface area (Å²) in [6.07, 6.45) is 0.387. The summed E-state index contributed by atoms with van der Waals surface area (Å²) in [6, 6.07) is 10.8. The van der Waals surface area contributed by atoms with Crippen molar-refractivity contribution < 1.29 is 27.5 Å². The number of anilines is 2. The predicted molar refractivity (Wildman–Crippen MR) is 111 cm³/mol. The zero-order valence-corrected chi connectivity index (χ0v) is 17.5. The first-order valence-corrected chi connectivity index (χ1v) is 11.0. The van der Waals surface area contributed by atoms with E-state index >= 15 is 0 Å². The smallest absolute Gasteiger partial charge is 0.337 e. The first-order valence-electron chi connectivity index (χ1n) is 9.33. The lowest BCUT2D eigenvalue weighted by Gasteiger charge is -2.15. The fourth-order valence-corrected chi connectivity index (χ4v) is 4.56. The van der Waals surface area contributed by atoms with Gasteiger partial charge in [-0.15, -0.1) is 0 Å². The van der Waals surface area contributed by atoms with Crippen LogP contribution in [0.4, 0.5) is 11.4 Å². The van der Waals surface area contributed by atoms with Crippen molar-refractivity contribution in [3.63, 3.8) is 0 Å². The lowest BCUT2D eigenvalue weighted by atomic mass is 10.2. The number of nitrogens with one attached hydrogen (secondary N) is 1. The molecule has 158 valence electrons. The quantitative estimate of drug-likeness (QED) is 0.704. The van der Waals surface area contributed by atoms with Gasteiger partial charge in [0.2, 0.25) is 11.8 Å². The number of hydrogen-bond donors (Lipinski definition) is 1. The van der Waals surface area contributed by atoms with Crippen LogP contribution in [-0.4, -0.2) is 45.6 Å². The third-order valence-corrected chi connectivity index (χ3v) is 6.59.